The average Bonchev–Trinajstić information content (AvgIpc) is 2.55. The van der Waals surface area contributed by atoms with E-state index in [1.165, 1.54) is 5.57 Å². The van der Waals surface area contributed by atoms with Gasteiger partial charge in [-0.15, -0.1) is 0 Å². The van der Waals surface area contributed by atoms with E-state index in [1.54, 1.807) is 0 Å². The Labute approximate surface area is 80.4 Å². The van der Waals surface area contributed by atoms with Crippen LogP contribution in [0.5, 0.6) is 0 Å². The molecule has 0 radical (unpaired) electrons. The predicted molar refractivity (Wildman–Crippen MR) is 54.7 cm³/mol. The summed E-state index contributed by atoms with van der Waals surface area (Å²) in [6.07, 6.45) is 5.92. The van der Waals surface area contributed by atoms with Gasteiger partial charge in [0.1, 0.15) is 5.78 Å². The third-order valence-corrected chi connectivity index (χ3v) is 2.39. The van der Waals surface area contributed by atoms with E-state index in [0.29, 0.717) is 12.2 Å². The summed E-state index contributed by atoms with van der Waals surface area (Å²) in [5, 5.41) is 3.22. The molecule has 1 fully saturated rings. The highest BCUT2D eigenvalue weighted by atomic mass is 16.1. The second kappa shape index (κ2) is 5.18. The first-order valence-electron chi connectivity index (χ1n) is 5.09. The van der Waals surface area contributed by atoms with Crippen LogP contribution in [0.1, 0.15) is 39.5 Å². The van der Waals surface area contributed by atoms with Crippen LogP contribution in [0.25, 0.3) is 0 Å². The van der Waals surface area contributed by atoms with Crippen LogP contribution in [0.15, 0.2) is 11.6 Å². The molecule has 0 amide bonds. The molecule has 2 heteroatoms. The summed E-state index contributed by atoms with van der Waals surface area (Å²) in [6, 6.07) is 0.158. The lowest BCUT2D eigenvalue weighted by atomic mass is 10.1. The molecule has 0 spiro atoms. The second-order valence-corrected chi connectivity index (χ2v) is 3.94. The van der Waals surface area contributed by atoms with E-state index in [-0.39, 0.29) is 6.04 Å². The number of Topliss-reactive ketones (excluding diaryl/α,β-unsaturated/α-hetero) is 1. The number of hydrogen-bond acceptors (Lipinski definition) is 2. The summed E-state index contributed by atoms with van der Waals surface area (Å²) in [4.78, 5) is 11.5. The molecule has 1 atom stereocenters. The van der Waals surface area contributed by atoms with E-state index in [0.717, 1.165) is 25.8 Å². The lowest BCUT2D eigenvalue weighted by Gasteiger charge is -2.06. The van der Waals surface area contributed by atoms with Gasteiger partial charge in [-0.1, -0.05) is 11.6 Å². The zero-order valence-corrected chi connectivity index (χ0v) is 8.60. The summed E-state index contributed by atoms with van der Waals surface area (Å²) in [7, 11) is 0. The first-order chi connectivity index (χ1) is 6.20. The van der Waals surface area contributed by atoms with Crippen LogP contribution in [-0.4, -0.2) is 18.4 Å². The van der Waals surface area contributed by atoms with Crippen molar-refractivity contribution in [1.29, 1.82) is 0 Å². The van der Waals surface area contributed by atoms with E-state index in [2.05, 4.69) is 25.2 Å². The molecule has 0 aliphatic carbocycles. The largest absolute Gasteiger partial charge is 0.307 e. The van der Waals surface area contributed by atoms with Gasteiger partial charge in [0.25, 0.3) is 0 Å². The molecular weight excluding hydrogens is 162 g/mol. The fourth-order valence-electron chi connectivity index (χ4n) is 1.64. The SMILES string of the molecule is CC(C)=CCCC(=O)[C@H]1CCCN1. The molecule has 1 rings (SSSR count). The van der Waals surface area contributed by atoms with Crippen molar-refractivity contribution in [3.8, 4) is 0 Å². The quantitative estimate of drug-likeness (QED) is 0.672. The topological polar surface area (TPSA) is 29.1 Å². The van der Waals surface area contributed by atoms with Crippen molar-refractivity contribution in [2.75, 3.05) is 6.54 Å². The van der Waals surface area contributed by atoms with Gasteiger partial charge >= 0.3 is 0 Å². The Morgan fingerprint density at radius 3 is 2.85 bits per heavy atom. The molecule has 74 valence electrons. The second-order valence-electron chi connectivity index (χ2n) is 3.94. The van der Waals surface area contributed by atoms with Crippen LogP contribution < -0.4 is 5.32 Å². The normalized spacial score (nSPS) is 21.5. The van der Waals surface area contributed by atoms with Crippen LogP contribution >= 0.6 is 0 Å². The third kappa shape index (κ3) is 3.73. The monoisotopic (exact) mass is 181 g/mol. The summed E-state index contributed by atoms with van der Waals surface area (Å²) < 4.78 is 0. The fourth-order valence-corrected chi connectivity index (χ4v) is 1.64. The zero-order chi connectivity index (χ0) is 9.68. The molecular formula is C11H19NO. The maximum Gasteiger partial charge on any atom is 0.150 e. The molecule has 1 aliphatic rings. The number of ketones is 1. The Hall–Kier alpha value is -0.630. The minimum atomic E-state index is 0.158. The van der Waals surface area contributed by atoms with E-state index in [1.807, 2.05) is 0 Å². The van der Waals surface area contributed by atoms with E-state index in [4.69, 9.17) is 0 Å². The Morgan fingerprint density at radius 2 is 2.31 bits per heavy atom. The van der Waals surface area contributed by atoms with E-state index < -0.39 is 0 Å². The van der Waals surface area contributed by atoms with Crippen molar-refractivity contribution in [2.24, 2.45) is 0 Å². The zero-order valence-electron chi connectivity index (χ0n) is 8.60. The minimum Gasteiger partial charge on any atom is -0.307 e. The van der Waals surface area contributed by atoms with Crippen molar-refractivity contribution in [3.05, 3.63) is 11.6 Å². The van der Waals surface area contributed by atoms with Gasteiger partial charge in [0, 0.05) is 6.42 Å². The summed E-state index contributed by atoms with van der Waals surface area (Å²) in [5.74, 6) is 0.384. The molecule has 0 aromatic heterocycles. The first kappa shape index (κ1) is 10.5. The average molecular weight is 181 g/mol. The Morgan fingerprint density at radius 1 is 1.54 bits per heavy atom. The van der Waals surface area contributed by atoms with Crippen LogP contribution in [0.3, 0.4) is 0 Å². The van der Waals surface area contributed by atoms with Crippen molar-refractivity contribution in [2.45, 2.75) is 45.6 Å². The standard InChI is InChI=1S/C11H19NO/c1-9(2)5-3-7-11(13)10-6-4-8-12-10/h5,10,12H,3-4,6-8H2,1-2H3/t10-/m1/s1. The number of hydrogen-bond donors (Lipinski definition) is 1. The van der Waals surface area contributed by atoms with Crippen LogP contribution in [-0.2, 0) is 4.79 Å². The molecule has 1 heterocycles. The van der Waals surface area contributed by atoms with Gasteiger partial charge < -0.3 is 5.32 Å². The van der Waals surface area contributed by atoms with Crippen molar-refractivity contribution in [3.63, 3.8) is 0 Å². The lowest BCUT2D eigenvalue weighted by Crippen LogP contribution is -2.30. The number of carbonyl (C=O) groups is 1. The highest BCUT2D eigenvalue weighted by molar-refractivity contribution is 5.84. The van der Waals surface area contributed by atoms with Crippen molar-refractivity contribution in [1.82, 2.24) is 5.32 Å². The summed E-state index contributed by atoms with van der Waals surface area (Å²) in [6.45, 7) is 5.15. The van der Waals surface area contributed by atoms with Gasteiger partial charge in [-0.05, 0) is 39.7 Å². The molecule has 0 unspecified atom stereocenters. The van der Waals surface area contributed by atoms with Gasteiger partial charge in [0.15, 0.2) is 0 Å². The number of allylic oxidation sites excluding steroid dienone is 2. The Kier molecular flexibility index (Phi) is 4.16. The molecule has 13 heavy (non-hydrogen) atoms. The van der Waals surface area contributed by atoms with Crippen LogP contribution in [0, 0.1) is 0 Å². The highest BCUT2D eigenvalue weighted by Gasteiger charge is 2.20. The smallest absolute Gasteiger partial charge is 0.150 e. The van der Waals surface area contributed by atoms with Gasteiger partial charge in [-0.3, -0.25) is 4.79 Å². The summed E-state index contributed by atoms with van der Waals surface area (Å²) >= 11 is 0. The Balaban J connectivity index is 2.21. The molecule has 0 saturated carbocycles. The number of rotatable bonds is 4. The summed E-state index contributed by atoms with van der Waals surface area (Å²) in [5.41, 5.74) is 1.30. The van der Waals surface area contributed by atoms with Crippen molar-refractivity contribution < 1.29 is 4.79 Å². The van der Waals surface area contributed by atoms with E-state index >= 15 is 0 Å². The van der Waals surface area contributed by atoms with Crippen molar-refractivity contribution >= 4 is 5.78 Å². The highest BCUT2D eigenvalue weighted by Crippen LogP contribution is 2.09. The first-order valence-corrected chi connectivity index (χ1v) is 5.09. The fraction of sp³-hybridized carbons (Fsp3) is 0.727. The maximum absolute atomic E-state index is 11.5. The lowest BCUT2D eigenvalue weighted by molar-refractivity contribution is -0.120. The van der Waals surface area contributed by atoms with Gasteiger partial charge in [-0.25, -0.2) is 0 Å². The molecule has 1 saturated heterocycles. The third-order valence-electron chi connectivity index (χ3n) is 2.39. The van der Waals surface area contributed by atoms with E-state index in [9.17, 15) is 4.79 Å². The van der Waals surface area contributed by atoms with Gasteiger partial charge in [0.05, 0.1) is 6.04 Å². The van der Waals surface area contributed by atoms with Crippen LogP contribution in [0.2, 0.25) is 0 Å². The molecule has 0 aromatic rings. The minimum absolute atomic E-state index is 0.158. The van der Waals surface area contributed by atoms with Crippen LogP contribution in [0.4, 0.5) is 0 Å². The molecule has 0 aromatic carbocycles. The number of carbonyl (C=O) groups excluding carboxylic acids is 1. The molecule has 0 bridgehead atoms. The molecule has 1 aliphatic heterocycles. The maximum atomic E-state index is 11.5. The molecule has 1 N–H and O–H groups in total. The number of nitrogens with one attached hydrogen (secondary N) is 1. The Bertz CT molecular complexity index is 198. The van der Waals surface area contributed by atoms with Gasteiger partial charge in [0.2, 0.25) is 0 Å². The molecule has 2 nitrogen and oxygen atoms in total. The predicted octanol–water partition coefficient (Wildman–Crippen LogP) is 2.05. The van der Waals surface area contributed by atoms with Gasteiger partial charge in [-0.2, -0.15) is 0 Å².